The molecule has 1 fully saturated rings. The molecule has 1 aliphatic rings. The van der Waals surface area contributed by atoms with Gasteiger partial charge in [-0.1, -0.05) is 26.3 Å². The van der Waals surface area contributed by atoms with Crippen LogP contribution in [0.4, 0.5) is 4.79 Å². The molecule has 0 radical (unpaired) electrons. The molecule has 0 spiro atoms. The standard InChI is InChI=1S/C13H24N2O/c1-5-10(2)7-14-13(16)15-8-11(3)6-12(4)9-15/h7,11-12H,5-6,8-9H2,1-4H3,(H,14,16)/b10-7+. The first kappa shape index (κ1) is 13.1. The first-order chi connectivity index (χ1) is 7.52. The first-order valence-electron chi connectivity index (χ1n) is 6.24. The van der Waals surface area contributed by atoms with Crippen molar-refractivity contribution in [3.8, 4) is 0 Å². The number of carbonyl (C=O) groups is 1. The number of hydrogen-bond acceptors (Lipinski definition) is 1. The molecule has 0 saturated carbocycles. The predicted molar refractivity (Wildman–Crippen MR) is 67.1 cm³/mol. The van der Waals surface area contributed by atoms with Crippen LogP contribution in [-0.4, -0.2) is 24.0 Å². The van der Waals surface area contributed by atoms with Gasteiger partial charge in [-0.25, -0.2) is 4.79 Å². The second-order valence-corrected chi connectivity index (χ2v) is 5.14. The van der Waals surface area contributed by atoms with Gasteiger partial charge >= 0.3 is 6.03 Å². The molecule has 1 aliphatic heterocycles. The Balaban J connectivity index is 2.47. The lowest BCUT2D eigenvalue weighted by Gasteiger charge is -2.34. The molecule has 0 aromatic carbocycles. The third-order valence-corrected chi connectivity index (χ3v) is 3.16. The van der Waals surface area contributed by atoms with Crippen molar-refractivity contribution in [2.45, 2.75) is 40.5 Å². The van der Waals surface area contributed by atoms with E-state index in [0.29, 0.717) is 11.8 Å². The summed E-state index contributed by atoms with van der Waals surface area (Å²) in [6.45, 7) is 10.3. The van der Waals surface area contributed by atoms with Crippen LogP contribution in [0.2, 0.25) is 0 Å². The SMILES string of the molecule is CC/C(C)=C/NC(=O)N1CC(C)CC(C)C1. The Morgan fingerprint density at radius 1 is 1.38 bits per heavy atom. The maximum Gasteiger partial charge on any atom is 0.321 e. The molecule has 3 nitrogen and oxygen atoms in total. The highest BCUT2D eigenvalue weighted by molar-refractivity contribution is 5.75. The third kappa shape index (κ3) is 3.87. The quantitative estimate of drug-likeness (QED) is 0.768. The van der Waals surface area contributed by atoms with Crippen LogP contribution in [0.5, 0.6) is 0 Å². The lowest BCUT2D eigenvalue weighted by Crippen LogP contribution is -2.46. The molecule has 1 rings (SSSR count). The van der Waals surface area contributed by atoms with Gasteiger partial charge in [0.25, 0.3) is 0 Å². The smallest absolute Gasteiger partial charge is 0.321 e. The molecule has 0 bridgehead atoms. The van der Waals surface area contributed by atoms with Crippen LogP contribution in [0.15, 0.2) is 11.8 Å². The van der Waals surface area contributed by atoms with Gasteiger partial charge in [-0.2, -0.15) is 0 Å². The van der Waals surface area contributed by atoms with Crippen molar-refractivity contribution in [2.75, 3.05) is 13.1 Å². The Morgan fingerprint density at radius 3 is 2.44 bits per heavy atom. The number of likely N-dealkylation sites (tertiary alicyclic amines) is 1. The number of amides is 2. The van der Waals surface area contributed by atoms with Crippen LogP contribution in [0.3, 0.4) is 0 Å². The topological polar surface area (TPSA) is 32.3 Å². The summed E-state index contributed by atoms with van der Waals surface area (Å²) in [5.74, 6) is 1.23. The highest BCUT2D eigenvalue weighted by Gasteiger charge is 2.24. The van der Waals surface area contributed by atoms with Crippen molar-refractivity contribution in [3.05, 3.63) is 11.8 Å². The molecule has 2 amide bonds. The summed E-state index contributed by atoms with van der Waals surface area (Å²) in [5, 5.41) is 2.87. The van der Waals surface area contributed by atoms with Gasteiger partial charge in [0.15, 0.2) is 0 Å². The molecule has 0 aromatic rings. The van der Waals surface area contributed by atoms with Crippen LogP contribution in [-0.2, 0) is 0 Å². The summed E-state index contributed by atoms with van der Waals surface area (Å²) < 4.78 is 0. The summed E-state index contributed by atoms with van der Waals surface area (Å²) >= 11 is 0. The van der Waals surface area contributed by atoms with Crippen LogP contribution >= 0.6 is 0 Å². The van der Waals surface area contributed by atoms with E-state index in [0.717, 1.165) is 19.5 Å². The van der Waals surface area contributed by atoms with E-state index in [-0.39, 0.29) is 6.03 Å². The average Bonchev–Trinajstić information content (AvgIpc) is 2.23. The molecule has 2 unspecified atom stereocenters. The normalized spacial score (nSPS) is 26.8. The predicted octanol–water partition coefficient (Wildman–Crippen LogP) is 2.99. The maximum atomic E-state index is 11.9. The fraction of sp³-hybridized carbons (Fsp3) is 0.769. The molecule has 3 heteroatoms. The number of hydrogen-bond donors (Lipinski definition) is 1. The van der Waals surface area contributed by atoms with Crippen LogP contribution in [0, 0.1) is 11.8 Å². The molecular weight excluding hydrogens is 200 g/mol. The third-order valence-electron chi connectivity index (χ3n) is 3.16. The Hall–Kier alpha value is -0.990. The van der Waals surface area contributed by atoms with Crippen molar-refractivity contribution in [2.24, 2.45) is 11.8 Å². The van der Waals surface area contributed by atoms with Crippen LogP contribution in [0.1, 0.15) is 40.5 Å². The van der Waals surface area contributed by atoms with Gasteiger partial charge in [0.2, 0.25) is 0 Å². The molecule has 2 atom stereocenters. The fourth-order valence-electron chi connectivity index (χ4n) is 2.21. The molecule has 1 saturated heterocycles. The summed E-state index contributed by atoms with van der Waals surface area (Å²) in [4.78, 5) is 13.8. The highest BCUT2D eigenvalue weighted by Crippen LogP contribution is 2.20. The molecule has 0 aliphatic carbocycles. The van der Waals surface area contributed by atoms with E-state index in [1.807, 2.05) is 18.0 Å². The van der Waals surface area contributed by atoms with Gasteiger partial charge in [0, 0.05) is 19.3 Å². The van der Waals surface area contributed by atoms with E-state index in [4.69, 9.17) is 0 Å². The molecule has 92 valence electrons. The zero-order valence-corrected chi connectivity index (χ0v) is 10.9. The van der Waals surface area contributed by atoms with Gasteiger partial charge in [-0.3, -0.25) is 0 Å². The fourth-order valence-corrected chi connectivity index (χ4v) is 2.21. The number of allylic oxidation sites excluding steroid dienone is 1. The summed E-state index contributed by atoms with van der Waals surface area (Å²) in [5.41, 5.74) is 1.20. The number of carbonyl (C=O) groups excluding carboxylic acids is 1. The maximum absolute atomic E-state index is 11.9. The van der Waals surface area contributed by atoms with Gasteiger partial charge in [-0.15, -0.1) is 0 Å². The van der Waals surface area contributed by atoms with E-state index in [9.17, 15) is 4.79 Å². The van der Waals surface area contributed by atoms with Crippen LogP contribution < -0.4 is 5.32 Å². The molecule has 0 aromatic heterocycles. The van der Waals surface area contributed by atoms with E-state index in [2.05, 4.69) is 26.1 Å². The average molecular weight is 224 g/mol. The lowest BCUT2D eigenvalue weighted by atomic mass is 9.92. The Bertz CT molecular complexity index is 263. The second kappa shape index (κ2) is 5.92. The number of piperidine rings is 1. The summed E-state index contributed by atoms with van der Waals surface area (Å²) in [6, 6.07) is 0.0474. The number of urea groups is 1. The Morgan fingerprint density at radius 2 is 1.94 bits per heavy atom. The van der Waals surface area contributed by atoms with Crippen molar-refractivity contribution in [1.82, 2.24) is 10.2 Å². The highest BCUT2D eigenvalue weighted by atomic mass is 16.2. The Labute approximate surface area is 98.9 Å². The van der Waals surface area contributed by atoms with E-state index in [1.165, 1.54) is 12.0 Å². The van der Waals surface area contributed by atoms with E-state index in [1.54, 1.807) is 0 Å². The van der Waals surface area contributed by atoms with Crippen molar-refractivity contribution in [1.29, 1.82) is 0 Å². The Kier molecular flexibility index (Phi) is 4.84. The zero-order chi connectivity index (χ0) is 12.1. The lowest BCUT2D eigenvalue weighted by molar-refractivity contribution is 0.149. The van der Waals surface area contributed by atoms with E-state index >= 15 is 0 Å². The number of nitrogens with one attached hydrogen (secondary N) is 1. The number of rotatable bonds is 2. The zero-order valence-electron chi connectivity index (χ0n) is 10.9. The monoisotopic (exact) mass is 224 g/mol. The number of nitrogens with zero attached hydrogens (tertiary/aromatic N) is 1. The molecule has 1 N–H and O–H groups in total. The van der Waals surface area contributed by atoms with E-state index < -0.39 is 0 Å². The minimum Gasteiger partial charge on any atom is -0.324 e. The van der Waals surface area contributed by atoms with Crippen LogP contribution in [0.25, 0.3) is 0 Å². The van der Waals surface area contributed by atoms with Gasteiger partial charge in [0.05, 0.1) is 0 Å². The second-order valence-electron chi connectivity index (χ2n) is 5.14. The minimum absolute atomic E-state index is 0.0474. The summed E-state index contributed by atoms with van der Waals surface area (Å²) in [7, 11) is 0. The van der Waals surface area contributed by atoms with Crippen molar-refractivity contribution >= 4 is 6.03 Å². The minimum atomic E-state index is 0.0474. The van der Waals surface area contributed by atoms with Gasteiger partial charge < -0.3 is 10.2 Å². The first-order valence-corrected chi connectivity index (χ1v) is 6.24. The molecular formula is C13H24N2O. The van der Waals surface area contributed by atoms with Crippen molar-refractivity contribution in [3.63, 3.8) is 0 Å². The van der Waals surface area contributed by atoms with Gasteiger partial charge in [0.1, 0.15) is 0 Å². The van der Waals surface area contributed by atoms with Gasteiger partial charge in [-0.05, 0) is 31.6 Å². The molecule has 1 heterocycles. The summed E-state index contributed by atoms with van der Waals surface area (Å²) in [6.07, 6.45) is 4.03. The van der Waals surface area contributed by atoms with Crippen molar-refractivity contribution < 1.29 is 4.79 Å². The molecule has 16 heavy (non-hydrogen) atoms. The largest absolute Gasteiger partial charge is 0.324 e.